The minimum Gasteiger partial charge on any atom is -0.320 e. The van der Waals surface area contributed by atoms with E-state index in [2.05, 4.69) is 40.7 Å². The number of likely N-dealkylation sites (N-methyl/N-ethyl adjacent to an activating group) is 1. The molecule has 0 bridgehead atoms. The third-order valence-electron chi connectivity index (χ3n) is 5.57. The summed E-state index contributed by atoms with van der Waals surface area (Å²) in [4.78, 5) is 18.8. The van der Waals surface area contributed by atoms with Crippen molar-refractivity contribution < 1.29 is 10.0 Å². The minimum atomic E-state index is -0.551. The first-order chi connectivity index (χ1) is 14.2. The van der Waals surface area contributed by atoms with Gasteiger partial charge in [0.05, 0.1) is 11.0 Å². The van der Waals surface area contributed by atoms with E-state index in [9.17, 15) is 4.79 Å². The zero-order valence-corrected chi connectivity index (χ0v) is 16.6. The summed E-state index contributed by atoms with van der Waals surface area (Å²) in [5.41, 5.74) is 5.66. The second-order valence-electron chi connectivity index (χ2n) is 7.42. The van der Waals surface area contributed by atoms with Gasteiger partial charge in [-0.15, -0.1) is 0 Å². The van der Waals surface area contributed by atoms with Crippen LogP contribution in [0.1, 0.15) is 31.4 Å². The second-order valence-corrected chi connectivity index (χ2v) is 7.42. The molecule has 1 unspecified atom stereocenters. The van der Waals surface area contributed by atoms with E-state index < -0.39 is 5.91 Å². The molecular formula is C23H26N4O2. The van der Waals surface area contributed by atoms with Gasteiger partial charge in [0, 0.05) is 24.2 Å². The lowest BCUT2D eigenvalue weighted by atomic mass is 10.0. The lowest BCUT2D eigenvalue weighted by Crippen LogP contribution is -2.36. The summed E-state index contributed by atoms with van der Waals surface area (Å²) in [6.07, 6.45) is 5.31. The number of hydrogen-bond acceptors (Lipinski definition) is 4. The standard InChI is InChI=1S/C23H26N4O2/c1-2-26-14-6-9-19(16-26)27-21-11-4-3-10-20(21)24-23(27)18-8-5-7-17(15-18)12-13-22(28)25-29/h3-5,7-8,10-13,15,19,29H,2,6,9,14,16H2,1H3,(H,25,28). The van der Waals surface area contributed by atoms with Gasteiger partial charge in [0.25, 0.3) is 5.91 Å². The number of likely N-dealkylation sites (tertiary alicyclic amines) is 1. The number of benzene rings is 2. The fraction of sp³-hybridized carbons (Fsp3) is 0.304. The van der Waals surface area contributed by atoms with Crippen LogP contribution in [0.5, 0.6) is 0 Å². The average Bonchev–Trinajstić information content (AvgIpc) is 3.17. The Morgan fingerprint density at radius 2 is 2.14 bits per heavy atom. The van der Waals surface area contributed by atoms with Crippen molar-refractivity contribution in [3.05, 3.63) is 60.2 Å². The first-order valence-electron chi connectivity index (χ1n) is 10.1. The molecule has 1 amide bonds. The topological polar surface area (TPSA) is 70.4 Å². The highest BCUT2D eigenvalue weighted by molar-refractivity contribution is 5.91. The molecule has 1 atom stereocenters. The zero-order chi connectivity index (χ0) is 20.2. The Kier molecular flexibility index (Phi) is 5.74. The van der Waals surface area contributed by atoms with Crippen molar-refractivity contribution in [2.24, 2.45) is 0 Å². The number of piperidine rings is 1. The number of nitrogens with zero attached hydrogens (tertiary/aromatic N) is 3. The van der Waals surface area contributed by atoms with Gasteiger partial charge in [-0.05, 0) is 55.8 Å². The zero-order valence-electron chi connectivity index (χ0n) is 16.6. The van der Waals surface area contributed by atoms with Crippen LogP contribution in [0.15, 0.2) is 54.6 Å². The second kappa shape index (κ2) is 8.59. The van der Waals surface area contributed by atoms with Crippen LogP contribution < -0.4 is 5.48 Å². The van der Waals surface area contributed by atoms with Crippen molar-refractivity contribution in [1.29, 1.82) is 0 Å². The van der Waals surface area contributed by atoms with E-state index in [1.807, 2.05) is 24.3 Å². The van der Waals surface area contributed by atoms with Crippen LogP contribution in [-0.4, -0.2) is 45.2 Å². The first-order valence-corrected chi connectivity index (χ1v) is 10.1. The molecule has 0 spiro atoms. The van der Waals surface area contributed by atoms with Crippen molar-refractivity contribution >= 4 is 23.0 Å². The number of hydroxylamine groups is 1. The van der Waals surface area contributed by atoms with Gasteiger partial charge in [-0.1, -0.05) is 37.3 Å². The maximum Gasteiger partial charge on any atom is 0.267 e. The number of nitrogens with one attached hydrogen (secondary N) is 1. The summed E-state index contributed by atoms with van der Waals surface area (Å²) in [5.74, 6) is 0.403. The Morgan fingerprint density at radius 1 is 1.28 bits per heavy atom. The monoisotopic (exact) mass is 390 g/mol. The average molecular weight is 390 g/mol. The summed E-state index contributed by atoms with van der Waals surface area (Å²) in [6.45, 7) is 5.46. The Hall–Kier alpha value is -2.96. The highest BCUT2D eigenvalue weighted by Crippen LogP contribution is 2.33. The number of para-hydroxylation sites is 2. The van der Waals surface area contributed by atoms with Crippen LogP contribution in [0, 0.1) is 0 Å². The Morgan fingerprint density at radius 3 is 2.97 bits per heavy atom. The van der Waals surface area contributed by atoms with E-state index in [4.69, 9.17) is 10.2 Å². The highest BCUT2D eigenvalue weighted by atomic mass is 16.5. The van der Waals surface area contributed by atoms with Gasteiger partial charge < -0.3 is 9.47 Å². The van der Waals surface area contributed by atoms with Gasteiger partial charge in [-0.25, -0.2) is 10.5 Å². The molecule has 1 aromatic heterocycles. The third kappa shape index (κ3) is 4.09. The normalized spacial score (nSPS) is 17.8. The van der Waals surface area contributed by atoms with Gasteiger partial charge in [0.1, 0.15) is 5.82 Å². The number of aromatic nitrogens is 2. The van der Waals surface area contributed by atoms with Gasteiger partial charge in [-0.3, -0.25) is 10.0 Å². The molecule has 6 heteroatoms. The predicted molar refractivity (Wildman–Crippen MR) is 115 cm³/mol. The number of rotatable bonds is 5. The SMILES string of the molecule is CCN1CCCC(n2c(-c3cccc(C=CC(=O)NO)c3)nc3ccccc32)C1. The van der Waals surface area contributed by atoms with Crippen LogP contribution >= 0.6 is 0 Å². The van der Waals surface area contributed by atoms with Crippen LogP contribution in [0.2, 0.25) is 0 Å². The lowest BCUT2D eigenvalue weighted by molar-refractivity contribution is -0.124. The van der Waals surface area contributed by atoms with Gasteiger partial charge in [-0.2, -0.15) is 0 Å². The first kappa shape index (κ1) is 19.4. The molecule has 1 aliphatic heterocycles. The number of imidazole rings is 1. The molecule has 3 aromatic rings. The molecule has 1 aliphatic rings. The molecule has 0 radical (unpaired) electrons. The van der Waals surface area contributed by atoms with Crippen molar-refractivity contribution in [3.8, 4) is 11.4 Å². The summed E-state index contributed by atoms with van der Waals surface area (Å²) in [5, 5.41) is 8.68. The number of hydrogen-bond donors (Lipinski definition) is 2. The largest absolute Gasteiger partial charge is 0.320 e. The van der Waals surface area contributed by atoms with Crippen LogP contribution in [0.25, 0.3) is 28.5 Å². The van der Waals surface area contributed by atoms with Crippen LogP contribution in [0.3, 0.4) is 0 Å². The van der Waals surface area contributed by atoms with Crippen LogP contribution in [0.4, 0.5) is 0 Å². The Bertz CT molecular complexity index is 1040. The van der Waals surface area contributed by atoms with Crippen molar-refractivity contribution in [2.75, 3.05) is 19.6 Å². The minimum absolute atomic E-state index is 0.380. The van der Waals surface area contributed by atoms with Gasteiger partial charge >= 0.3 is 0 Å². The summed E-state index contributed by atoms with van der Waals surface area (Å²) in [7, 11) is 0. The van der Waals surface area contributed by atoms with E-state index in [-0.39, 0.29) is 0 Å². The Balaban J connectivity index is 1.78. The molecule has 150 valence electrons. The summed E-state index contributed by atoms with van der Waals surface area (Å²) < 4.78 is 2.39. The lowest BCUT2D eigenvalue weighted by Gasteiger charge is -2.33. The summed E-state index contributed by atoms with van der Waals surface area (Å²) in [6, 6.07) is 16.7. The number of amides is 1. The van der Waals surface area contributed by atoms with Crippen molar-refractivity contribution in [2.45, 2.75) is 25.8 Å². The fourth-order valence-electron chi connectivity index (χ4n) is 4.14. The predicted octanol–water partition coefficient (Wildman–Crippen LogP) is 3.88. The number of fused-ring (bicyclic) bond motifs is 1. The van der Waals surface area contributed by atoms with Gasteiger partial charge in [0.2, 0.25) is 0 Å². The molecule has 2 N–H and O–H groups in total. The molecule has 29 heavy (non-hydrogen) atoms. The molecule has 0 aliphatic carbocycles. The van der Waals surface area contributed by atoms with E-state index in [1.165, 1.54) is 12.5 Å². The smallest absolute Gasteiger partial charge is 0.267 e. The van der Waals surface area contributed by atoms with Crippen LogP contribution in [-0.2, 0) is 4.79 Å². The quantitative estimate of drug-likeness (QED) is 0.394. The summed E-state index contributed by atoms with van der Waals surface area (Å²) >= 11 is 0. The number of carbonyl (C=O) groups is 1. The maximum atomic E-state index is 11.3. The maximum absolute atomic E-state index is 11.3. The van der Waals surface area contributed by atoms with E-state index in [0.717, 1.165) is 54.0 Å². The van der Waals surface area contributed by atoms with Gasteiger partial charge in [0.15, 0.2) is 0 Å². The molecule has 6 nitrogen and oxygen atoms in total. The van der Waals surface area contributed by atoms with E-state index in [0.29, 0.717) is 6.04 Å². The molecule has 0 saturated carbocycles. The van der Waals surface area contributed by atoms with Crippen molar-refractivity contribution in [1.82, 2.24) is 19.9 Å². The molecule has 1 fully saturated rings. The Labute approximate surface area is 170 Å². The van der Waals surface area contributed by atoms with Crippen molar-refractivity contribution in [3.63, 3.8) is 0 Å². The van der Waals surface area contributed by atoms with E-state index in [1.54, 1.807) is 11.6 Å². The molecule has 1 saturated heterocycles. The van der Waals surface area contributed by atoms with E-state index >= 15 is 0 Å². The highest BCUT2D eigenvalue weighted by Gasteiger charge is 2.25. The fourth-order valence-corrected chi connectivity index (χ4v) is 4.14. The molecule has 2 aromatic carbocycles. The molecule has 2 heterocycles. The number of carbonyl (C=O) groups excluding carboxylic acids is 1. The molecular weight excluding hydrogens is 364 g/mol. The third-order valence-corrected chi connectivity index (χ3v) is 5.57. The molecule has 4 rings (SSSR count).